The van der Waals surface area contributed by atoms with E-state index < -0.39 is 0 Å². The Balaban J connectivity index is 1.40. The average molecular weight is 471 g/mol. The van der Waals surface area contributed by atoms with Crippen LogP contribution >= 0.6 is 0 Å². The lowest BCUT2D eigenvalue weighted by molar-refractivity contribution is -0.0229. The molecule has 0 saturated carbocycles. The number of nitrogens with zero attached hydrogens (tertiary/aromatic N) is 1. The van der Waals surface area contributed by atoms with Gasteiger partial charge in [0.05, 0.1) is 72.2 Å². The summed E-state index contributed by atoms with van der Waals surface area (Å²) < 4.78 is 32.8. The number of hydrogen-bond donors (Lipinski definition) is 1. The number of ether oxygens (including phenoxy) is 6. The monoisotopic (exact) mass is 470 g/mol. The molecule has 1 N–H and O–H groups in total. The van der Waals surface area contributed by atoms with E-state index in [1.54, 1.807) is 7.11 Å². The molecule has 1 unspecified atom stereocenters. The van der Waals surface area contributed by atoms with Crippen molar-refractivity contribution >= 4 is 0 Å². The maximum atomic E-state index is 6.03. The molecule has 0 aromatic heterocycles. The molecule has 2 rings (SSSR count). The summed E-state index contributed by atoms with van der Waals surface area (Å²) in [5.41, 5.74) is 0.170. The van der Waals surface area contributed by atoms with E-state index in [1.165, 1.54) is 0 Å². The molecule has 1 aliphatic heterocycles. The van der Waals surface area contributed by atoms with Crippen molar-refractivity contribution < 1.29 is 28.4 Å². The quantitative estimate of drug-likeness (QED) is 0.271. The molecule has 0 radical (unpaired) electrons. The second-order valence-electron chi connectivity index (χ2n) is 8.82. The second kappa shape index (κ2) is 17.6. The van der Waals surface area contributed by atoms with Gasteiger partial charge in [-0.25, -0.2) is 0 Å². The van der Waals surface area contributed by atoms with Crippen LogP contribution in [0.25, 0.3) is 0 Å². The zero-order valence-electron chi connectivity index (χ0n) is 21.0. The smallest absolute Gasteiger partial charge is 0.0715 e. The summed E-state index contributed by atoms with van der Waals surface area (Å²) in [6, 6.07) is 0.431. The van der Waals surface area contributed by atoms with E-state index in [0.29, 0.717) is 78.2 Å². The van der Waals surface area contributed by atoms with Crippen LogP contribution in [0.4, 0.5) is 0 Å². The summed E-state index contributed by atoms with van der Waals surface area (Å²) in [5.74, 6) is 0. The first-order valence-corrected chi connectivity index (χ1v) is 12.3. The van der Waals surface area contributed by atoms with Crippen LogP contribution in [0.5, 0.6) is 0 Å². The number of allylic oxidation sites excluding steroid dienone is 3. The highest BCUT2D eigenvalue weighted by molar-refractivity contribution is 5.18. The summed E-state index contributed by atoms with van der Waals surface area (Å²) in [6.07, 6.45) is 11.4. The van der Waals surface area contributed by atoms with Gasteiger partial charge >= 0.3 is 0 Å². The molecule has 192 valence electrons. The first-order valence-electron chi connectivity index (χ1n) is 12.3. The summed E-state index contributed by atoms with van der Waals surface area (Å²) in [5, 5.41) is 3.54. The molecule has 1 heterocycles. The number of likely N-dealkylation sites (tertiary alicyclic amines) is 1. The van der Waals surface area contributed by atoms with E-state index in [1.807, 2.05) is 0 Å². The molecule has 8 heteroatoms. The minimum absolute atomic E-state index is 0.170. The molecule has 8 nitrogen and oxygen atoms in total. The maximum absolute atomic E-state index is 6.03. The summed E-state index contributed by atoms with van der Waals surface area (Å²) in [4.78, 5) is 2.52. The van der Waals surface area contributed by atoms with Crippen molar-refractivity contribution in [2.75, 3.05) is 99.9 Å². The lowest BCUT2D eigenvalue weighted by Crippen LogP contribution is -2.48. The van der Waals surface area contributed by atoms with Crippen molar-refractivity contribution in [1.29, 1.82) is 0 Å². The van der Waals surface area contributed by atoms with Crippen molar-refractivity contribution in [3.63, 3.8) is 0 Å². The lowest BCUT2D eigenvalue weighted by Gasteiger charge is -2.38. The number of likely N-dealkylation sites (N-methyl/N-ethyl adjacent to an activating group) is 1. The third-order valence-corrected chi connectivity index (χ3v) is 6.23. The van der Waals surface area contributed by atoms with Crippen LogP contribution < -0.4 is 5.32 Å². The Labute approximate surface area is 200 Å². The van der Waals surface area contributed by atoms with Crippen molar-refractivity contribution in [2.45, 2.75) is 31.9 Å². The Kier molecular flexibility index (Phi) is 15.1. The third kappa shape index (κ3) is 11.9. The normalized spacial score (nSPS) is 24.0. The molecular formula is C25H46N2O6. The zero-order valence-corrected chi connectivity index (χ0v) is 21.0. The Bertz CT molecular complexity index is 547. The van der Waals surface area contributed by atoms with Crippen LogP contribution in [0.3, 0.4) is 0 Å². The molecule has 33 heavy (non-hydrogen) atoms. The Morgan fingerprint density at radius 3 is 2.06 bits per heavy atom. The fourth-order valence-corrected chi connectivity index (χ4v) is 4.17. The van der Waals surface area contributed by atoms with E-state index >= 15 is 0 Å². The average Bonchev–Trinajstić information content (AvgIpc) is 3.27. The highest BCUT2D eigenvalue weighted by atomic mass is 16.6. The largest absolute Gasteiger partial charge is 0.382 e. The van der Waals surface area contributed by atoms with Gasteiger partial charge < -0.3 is 33.7 Å². The standard InChI is InChI=1S/C25H46N2O6/c1-25(8-5-4-6-9-25)24(26-2)22-27-10-7-23(21-27)33-20-19-32-18-17-31-16-15-30-14-13-29-12-11-28-3/h4-6,8,23-24,26H,7,9-22H2,1-3H3/t23-,24+,25?/m0/s1. The zero-order chi connectivity index (χ0) is 23.6. The Morgan fingerprint density at radius 2 is 1.52 bits per heavy atom. The van der Waals surface area contributed by atoms with Gasteiger partial charge in [-0.2, -0.15) is 0 Å². The van der Waals surface area contributed by atoms with E-state index in [0.717, 1.165) is 32.5 Å². The van der Waals surface area contributed by atoms with Crippen molar-refractivity contribution in [2.24, 2.45) is 5.41 Å². The number of nitrogens with one attached hydrogen (secondary N) is 1. The highest BCUT2D eigenvalue weighted by Gasteiger charge is 2.34. The molecule has 1 fully saturated rings. The van der Waals surface area contributed by atoms with Crippen LogP contribution in [-0.4, -0.2) is 117 Å². The van der Waals surface area contributed by atoms with Crippen LogP contribution in [0.2, 0.25) is 0 Å². The number of rotatable bonds is 20. The van der Waals surface area contributed by atoms with E-state index in [-0.39, 0.29) is 5.41 Å². The first kappa shape index (κ1) is 28.4. The van der Waals surface area contributed by atoms with Crippen LogP contribution in [-0.2, 0) is 28.4 Å². The van der Waals surface area contributed by atoms with Crippen molar-refractivity contribution in [3.05, 3.63) is 24.3 Å². The van der Waals surface area contributed by atoms with E-state index in [2.05, 4.69) is 48.5 Å². The number of hydrogen-bond acceptors (Lipinski definition) is 8. The van der Waals surface area contributed by atoms with E-state index in [4.69, 9.17) is 28.4 Å². The van der Waals surface area contributed by atoms with Crippen LogP contribution in [0.1, 0.15) is 19.8 Å². The fourth-order valence-electron chi connectivity index (χ4n) is 4.17. The Morgan fingerprint density at radius 1 is 0.909 bits per heavy atom. The maximum Gasteiger partial charge on any atom is 0.0715 e. The molecule has 1 saturated heterocycles. The van der Waals surface area contributed by atoms with Crippen LogP contribution in [0, 0.1) is 5.41 Å². The van der Waals surface area contributed by atoms with Gasteiger partial charge in [0.2, 0.25) is 0 Å². The second-order valence-corrected chi connectivity index (χ2v) is 8.82. The highest BCUT2D eigenvalue weighted by Crippen LogP contribution is 2.32. The lowest BCUT2D eigenvalue weighted by atomic mass is 9.76. The summed E-state index contributed by atoms with van der Waals surface area (Å²) in [7, 11) is 3.73. The minimum Gasteiger partial charge on any atom is -0.382 e. The predicted molar refractivity (Wildman–Crippen MR) is 130 cm³/mol. The molecule has 0 bridgehead atoms. The number of methoxy groups -OCH3 is 1. The molecular weight excluding hydrogens is 424 g/mol. The van der Waals surface area contributed by atoms with Gasteiger partial charge in [-0.05, 0) is 19.9 Å². The molecule has 0 aromatic carbocycles. The van der Waals surface area contributed by atoms with Crippen LogP contribution in [0.15, 0.2) is 24.3 Å². The Hall–Kier alpha value is -0.840. The third-order valence-electron chi connectivity index (χ3n) is 6.23. The topological polar surface area (TPSA) is 70.7 Å². The van der Waals surface area contributed by atoms with Gasteiger partial charge in [0, 0.05) is 38.2 Å². The first-order chi connectivity index (χ1) is 16.2. The molecule has 3 atom stereocenters. The molecule has 2 aliphatic rings. The fraction of sp³-hybridized carbons (Fsp3) is 0.840. The summed E-state index contributed by atoms with van der Waals surface area (Å²) >= 11 is 0. The van der Waals surface area contributed by atoms with Crippen molar-refractivity contribution in [3.8, 4) is 0 Å². The SMILES string of the molecule is CN[C@H](CN1CC[C@H](OCCOCCOCCOCCOCCOC)C1)C1(C)C=CC=CC1. The van der Waals surface area contributed by atoms with Gasteiger partial charge in [-0.15, -0.1) is 0 Å². The van der Waals surface area contributed by atoms with E-state index in [9.17, 15) is 0 Å². The van der Waals surface area contributed by atoms with Gasteiger partial charge in [0.1, 0.15) is 0 Å². The minimum atomic E-state index is 0.170. The molecule has 1 aliphatic carbocycles. The summed E-state index contributed by atoms with van der Waals surface area (Å²) in [6.45, 7) is 11.3. The predicted octanol–water partition coefficient (Wildman–Crippen LogP) is 1.90. The molecule has 0 aromatic rings. The molecule has 0 amide bonds. The van der Waals surface area contributed by atoms with Gasteiger partial charge in [-0.3, -0.25) is 4.90 Å². The van der Waals surface area contributed by atoms with Gasteiger partial charge in [0.15, 0.2) is 0 Å². The van der Waals surface area contributed by atoms with Gasteiger partial charge in [-0.1, -0.05) is 31.2 Å². The van der Waals surface area contributed by atoms with Gasteiger partial charge in [0.25, 0.3) is 0 Å². The van der Waals surface area contributed by atoms with Crippen molar-refractivity contribution in [1.82, 2.24) is 10.2 Å². The molecule has 0 spiro atoms.